The Morgan fingerprint density at radius 3 is 2.30 bits per heavy atom. The fourth-order valence-corrected chi connectivity index (χ4v) is 7.78. The van der Waals surface area contributed by atoms with Crippen LogP contribution in [0.1, 0.15) is 34.2 Å². The molecule has 0 amide bonds. The van der Waals surface area contributed by atoms with Gasteiger partial charge in [-0.25, -0.2) is 9.98 Å². The maximum absolute atomic E-state index is 9.56. The zero-order chi connectivity index (χ0) is 35.3. The van der Waals surface area contributed by atoms with Crippen molar-refractivity contribution >= 4 is 78.2 Å². The second-order valence-corrected chi connectivity index (χ2v) is 13.5. The summed E-state index contributed by atoms with van der Waals surface area (Å²) in [7, 11) is 0. The molecule has 7 aromatic carbocycles. The lowest BCUT2D eigenvalue weighted by Crippen LogP contribution is -2.05. The molecule has 0 saturated heterocycles. The molecule has 10 rings (SSSR count). The standard InChI is InChI=1S/C48H32N4O/c49-47(52-48(36-20-19-32-10-2-4-12-34(32)26-36)51-28-30-17-18-31-9-1-3-11-33(31)25-30)42-22-21-40(46-45(42)41-23-24-50-29-44(41)53-46)43-27-35-13-5-6-14-37(35)38-15-7-8-16-39(38)43/h1-6,8-14,16-29,49H,7,15H2. The van der Waals surface area contributed by atoms with Crippen molar-refractivity contribution in [2.24, 2.45) is 9.98 Å². The molecule has 0 radical (unpaired) electrons. The molecule has 5 heteroatoms. The average molecular weight is 681 g/mol. The van der Waals surface area contributed by atoms with Crippen molar-refractivity contribution in [3.8, 4) is 11.1 Å². The Morgan fingerprint density at radius 1 is 0.698 bits per heavy atom. The van der Waals surface area contributed by atoms with Crippen molar-refractivity contribution in [3.05, 3.63) is 180 Å². The summed E-state index contributed by atoms with van der Waals surface area (Å²) in [5.74, 6) is 0.551. The summed E-state index contributed by atoms with van der Waals surface area (Å²) in [5, 5.41) is 18.3. The highest BCUT2D eigenvalue weighted by atomic mass is 16.3. The summed E-state index contributed by atoms with van der Waals surface area (Å²) >= 11 is 0. The van der Waals surface area contributed by atoms with Gasteiger partial charge in [-0.1, -0.05) is 109 Å². The quantitative estimate of drug-likeness (QED) is 0.148. The van der Waals surface area contributed by atoms with Gasteiger partial charge in [-0.05, 0) is 104 Å². The van der Waals surface area contributed by atoms with Crippen molar-refractivity contribution < 1.29 is 4.42 Å². The summed E-state index contributed by atoms with van der Waals surface area (Å²) in [6, 6.07) is 46.0. The minimum absolute atomic E-state index is 0.0975. The molecule has 9 aromatic rings. The Hall–Kier alpha value is -6.98. The van der Waals surface area contributed by atoms with Crippen LogP contribution in [0.15, 0.2) is 166 Å². The van der Waals surface area contributed by atoms with Crippen molar-refractivity contribution in [3.63, 3.8) is 0 Å². The molecular formula is C48H32N4O. The van der Waals surface area contributed by atoms with Gasteiger partial charge in [0.05, 0.1) is 6.20 Å². The van der Waals surface area contributed by atoms with Gasteiger partial charge in [-0.2, -0.15) is 0 Å². The number of rotatable bonds is 4. The van der Waals surface area contributed by atoms with Crippen molar-refractivity contribution in [1.82, 2.24) is 4.98 Å². The van der Waals surface area contributed by atoms with Crippen LogP contribution < -0.4 is 0 Å². The molecular weight excluding hydrogens is 649 g/mol. The number of aromatic nitrogens is 1. The van der Waals surface area contributed by atoms with Gasteiger partial charge in [0, 0.05) is 39.9 Å². The summed E-state index contributed by atoms with van der Waals surface area (Å²) in [6.07, 6.45) is 11.9. The van der Waals surface area contributed by atoms with Gasteiger partial charge in [-0.3, -0.25) is 10.4 Å². The first-order chi connectivity index (χ1) is 26.2. The zero-order valence-corrected chi connectivity index (χ0v) is 28.8. The lowest BCUT2D eigenvalue weighted by molar-refractivity contribution is 0.668. The van der Waals surface area contributed by atoms with E-state index in [-0.39, 0.29) is 5.84 Å². The van der Waals surface area contributed by atoms with Crippen LogP contribution in [-0.4, -0.2) is 22.9 Å². The molecule has 1 aliphatic carbocycles. The Morgan fingerprint density at radius 2 is 1.45 bits per heavy atom. The van der Waals surface area contributed by atoms with E-state index in [1.807, 2.05) is 48.7 Å². The van der Waals surface area contributed by atoms with Crippen LogP contribution >= 0.6 is 0 Å². The number of amidine groups is 2. The number of nitrogens with zero attached hydrogens (tertiary/aromatic N) is 3. The van der Waals surface area contributed by atoms with Crippen molar-refractivity contribution in [2.75, 3.05) is 0 Å². The normalized spacial score (nSPS) is 13.2. The highest BCUT2D eigenvalue weighted by Crippen LogP contribution is 2.43. The number of pyridine rings is 1. The minimum Gasteiger partial charge on any atom is -0.454 e. The van der Waals surface area contributed by atoms with Gasteiger partial charge in [-0.15, -0.1) is 0 Å². The van der Waals surface area contributed by atoms with E-state index >= 15 is 0 Å². The number of hydrogen-bond donors (Lipinski definition) is 1. The molecule has 0 fully saturated rings. The van der Waals surface area contributed by atoms with E-state index < -0.39 is 0 Å². The Balaban J connectivity index is 1.15. The second-order valence-electron chi connectivity index (χ2n) is 13.5. The SMILES string of the molecule is N=C(N=C(N=Cc1ccc2ccccc2c1)c1ccc2ccccc2c1)c1ccc(-c2cc3ccccc3c3c2C=CCC3)c2oc3cnccc3c12. The summed E-state index contributed by atoms with van der Waals surface area (Å²) in [4.78, 5) is 14.3. The Labute approximate surface area is 305 Å². The van der Waals surface area contributed by atoms with Crippen LogP contribution in [0.5, 0.6) is 0 Å². The molecule has 1 aliphatic rings. The van der Waals surface area contributed by atoms with Gasteiger partial charge in [0.1, 0.15) is 5.58 Å². The predicted octanol–water partition coefficient (Wildman–Crippen LogP) is 12.0. The fraction of sp³-hybridized carbons (Fsp3) is 0.0417. The van der Waals surface area contributed by atoms with E-state index in [0.717, 1.165) is 62.0 Å². The molecule has 53 heavy (non-hydrogen) atoms. The predicted molar refractivity (Wildman–Crippen MR) is 221 cm³/mol. The first-order valence-electron chi connectivity index (χ1n) is 17.9. The molecule has 0 saturated carbocycles. The van der Waals surface area contributed by atoms with Crippen LogP contribution in [0.4, 0.5) is 0 Å². The molecule has 1 N–H and O–H groups in total. The summed E-state index contributed by atoms with van der Waals surface area (Å²) in [6.45, 7) is 0. The third kappa shape index (κ3) is 5.42. The maximum atomic E-state index is 9.56. The topological polar surface area (TPSA) is 74.6 Å². The first-order valence-corrected chi connectivity index (χ1v) is 17.9. The Bertz CT molecular complexity index is 3040. The number of hydrogen-bond acceptors (Lipinski definition) is 3. The second kappa shape index (κ2) is 12.7. The van der Waals surface area contributed by atoms with Crippen LogP contribution in [0.3, 0.4) is 0 Å². The molecule has 2 aromatic heterocycles. The summed E-state index contributed by atoms with van der Waals surface area (Å²) in [5.41, 5.74) is 8.51. The molecule has 5 nitrogen and oxygen atoms in total. The van der Waals surface area contributed by atoms with Gasteiger partial charge < -0.3 is 4.42 Å². The lowest BCUT2D eigenvalue weighted by Gasteiger charge is -2.19. The van der Waals surface area contributed by atoms with Crippen LogP contribution in [0.2, 0.25) is 0 Å². The van der Waals surface area contributed by atoms with Gasteiger partial charge in [0.2, 0.25) is 0 Å². The van der Waals surface area contributed by atoms with Gasteiger partial charge in [0.25, 0.3) is 0 Å². The first kappa shape index (κ1) is 30.8. The van der Waals surface area contributed by atoms with Crippen molar-refractivity contribution in [1.29, 1.82) is 5.41 Å². The van der Waals surface area contributed by atoms with Gasteiger partial charge in [0.15, 0.2) is 17.3 Å². The van der Waals surface area contributed by atoms with Crippen LogP contribution in [0, 0.1) is 5.41 Å². The third-order valence-electron chi connectivity index (χ3n) is 10.4. The largest absolute Gasteiger partial charge is 0.454 e. The number of aliphatic imine (C=N–C) groups is 2. The molecule has 0 spiro atoms. The fourth-order valence-electron chi connectivity index (χ4n) is 7.78. The monoisotopic (exact) mass is 680 g/mol. The highest BCUT2D eigenvalue weighted by Gasteiger charge is 2.22. The number of aryl methyl sites for hydroxylation is 1. The van der Waals surface area contributed by atoms with E-state index in [2.05, 4.69) is 108 Å². The van der Waals surface area contributed by atoms with E-state index in [0.29, 0.717) is 22.6 Å². The molecule has 2 heterocycles. The third-order valence-corrected chi connectivity index (χ3v) is 10.4. The number of allylic oxidation sites excluding steroid dienone is 1. The van der Waals surface area contributed by atoms with Crippen LogP contribution in [-0.2, 0) is 6.42 Å². The molecule has 0 aliphatic heterocycles. The van der Waals surface area contributed by atoms with E-state index in [9.17, 15) is 5.41 Å². The highest BCUT2D eigenvalue weighted by molar-refractivity contribution is 6.23. The number of fused-ring (bicyclic) bond motifs is 8. The van der Waals surface area contributed by atoms with E-state index in [1.165, 1.54) is 27.3 Å². The molecule has 0 unspecified atom stereocenters. The summed E-state index contributed by atoms with van der Waals surface area (Å²) < 4.78 is 6.65. The molecule has 250 valence electrons. The van der Waals surface area contributed by atoms with E-state index in [4.69, 9.17) is 14.4 Å². The number of furan rings is 1. The smallest absolute Gasteiger partial charge is 0.161 e. The minimum atomic E-state index is 0.0975. The molecule has 0 bridgehead atoms. The van der Waals surface area contributed by atoms with E-state index in [1.54, 1.807) is 12.4 Å². The number of benzene rings is 7. The number of nitrogens with one attached hydrogen (secondary N) is 1. The zero-order valence-electron chi connectivity index (χ0n) is 28.8. The van der Waals surface area contributed by atoms with Crippen LogP contribution in [0.25, 0.3) is 71.5 Å². The average Bonchev–Trinajstić information content (AvgIpc) is 3.61. The maximum Gasteiger partial charge on any atom is 0.161 e. The Kier molecular flexibility index (Phi) is 7.36. The molecule has 0 atom stereocenters. The van der Waals surface area contributed by atoms with Gasteiger partial charge >= 0.3 is 0 Å². The van der Waals surface area contributed by atoms with Crippen molar-refractivity contribution in [2.45, 2.75) is 12.8 Å². The lowest BCUT2D eigenvalue weighted by atomic mass is 9.85.